The van der Waals surface area contributed by atoms with Crippen LogP contribution in [0.1, 0.15) is 15.9 Å². The van der Waals surface area contributed by atoms with Gasteiger partial charge in [0.05, 0.1) is 16.8 Å². The summed E-state index contributed by atoms with van der Waals surface area (Å²) in [6.07, 6.45) is 1.33. The first kappa shape index (κ1) is 24.7. The number of esters is 1. The number of carbonyl (C=O) groups excluding carboxylic acids is 3. The van der Waals surface area contributed by atoms with Crippen molar-refractivity contribution < 1.29 is 19.1 Å². The van der Waals surface area contributed by atoms with Gasteiger partial charge in [0.1, 0.15) is 5.75 Å². The summed E-state index contributed by atoms with van der Waals surface area (Å²) in [7, 11) is 0. The van der Waals surface area contributed by atoms with Crippen LogP contribution in [0.5, 0.6) is 5.75 Å². The van der Waals surface area contributed by atoms with Crippen LogP contribution >= 0.6 is 11.6 Å². The Hall–Kier alpha value is -5.01. The normalized spacial score (nSPS) is 11.0. The molecular formula is C30H20ClN3O4. The molecule has 38 heavy (non-hydrogen) atoms. The van der Waals surface area contributed by atoms with Crippen LogP contribution in [0.15, 0.2) is 108 Å². The summed E-state index contributed by atoms with van der Waals surface area (Å²) >= 11 is 6.15. The second-order valence-corrected chi connectivity index (χ2v) is 8.66. The first-order valence-corrected chi connectivity index (χ1v) is 12.0. The zero-order valence-corrected chi connectivity index (χ0v) is 20.6. The maximum atomic E-state index is 12.8. The van der Waals surface area contributed by atoms with Crippen molar-refractivity contribution in [2.45, 2.75) is 0 Å². The molecule has 5 aromatic rings. The molecule has 2 amide bonds. The summed E-state index contributed by atoms with van der Waals surface area (Å²) < 4.78 is 5.64. The predicted octanol–water partition coefficient (Wildman–Crippen LogP) is 5.95. The summed E-state index contributed by atoms with van der Waals surface area (Å²) in [4.78, 5) is 37.8. The Kier molecular flexibility index (Phi) is 7.10. The van der Waals surface area contributed by atoms with Crippen molar-refractivity contribution in [3.05, 3.63) is 119 Å². The average Bonchev–Trinajstić information content (AvgIpc) is 2.94. The number of hydrogen-bond donors (Lipinski definition) is 2. The number of benzene rings is 5. The molecule has 2 N–H and O–H groups in total. The van der Waals surface area contributed by atoms with Crippen molar-refractivity contribution in [3.63, 3.8) is 0 Å². The van der Waals surface area contributed by atoms with Crippen LogP contribution in [0.3, 0.4) is 0 Å². The molecule has 5 rings (SSSR count). The number of anilines is 1. The highest BCUT2D eigenvalue weighted by molar-refractivity contribution is 6.40. The van der Waals surface area contributed by atoms with E-state index in [0.29, 0.717) is 11.3 Å². The van der Waals surface area contributed by atoms with Crippen molar-refractivity contribution in [2.24, 2.45) is 5.10 Å². The third-order valence-electron chi connectivity index (χ3n) is 5.83. The van der Waals surface area contributed by atoms with Gasteiger partial charge in [-0.2, -0.15) is 5.10 Å². The molecule has 5 aromatic carbocycles. The highest BCUT2D eigenvalue weighted by Gasteiger charge is 2.17. The number of rotatable bonds is 5. The number of nitrogens with zero attached hydrogens (tertiary/aromatic N) is 1. The van der Waals surface area contributed by atoms with E-state index in [1.54, 1.807) is 48.5 Å². The molecule has 0 atom stereocenters. The van der Waals surface area contributed by atoms with E-state index in [4.69, 9.17) is 16.3 Å². The minimum Gasteiger partial charge on any atom is -0.422 e. The van der Waals surface area contributed by atoms with Gasteiger partial charge >= 0.3 is 17.8 Å². The van der Waals surface area contributed by atoms with Crippen molar-refractivity contribution >= 4 is 62.8 Å². The van der Waals surface area contributed by atoms with Crippen LogP contribution < -0.4 is 15.5 Å². The summed E-state index contributed by atoms with van der Waals surface area (Å²) in [6.45, 7) is 0. The SMILES string of the molecule is O=C(N/N=C/c1c(OC(=O)c2ccccc2Cl)ccc2ccccc12)C(=O)Nc1cccc2ccccc12. The Bertz CT molecular complexity index is 1730. The smallest absolute Gasteiger partial charge is 0.345 e. The van der Waals surface area contributed by atoms with E-state index < -0.39 is 17.8 Å². The molecule has 0 bridgehead atoms. The topological polar surface area (TPSA) is 96.9 Å². The molecule has 0 aliphatic rings. The number of carbonyl (C=O) groups is 3. The first-order chi connectivity index (χ1) is 18.5. The highest BCUT2D eigenvalue weighted by atomic mass is 35.5. The fourth-order valence-corrected chi connectivity index (χ4v) is 4.21. The van der Waals surface area contributed by atoms with E-state index in [0.717, 1.165) is 21.5 Å². The average molecular weight is 522 g/mol. The Labute approximate surface area is 222 Å². The number of hydrazone groups is 1. The van der Waals surface area contributed by atoms with Gasteiger partial charge in [-0.1, -0.05) is 90.5 Å². The van der Waals surface area contributed by atoms with Gasteiger partial charge in [0, 0.05) is 16.6 Å². The standard InChI is InChI=1S/C30H20ClN3O4/c31-25-14-6-5-13-23(25)30(37)38-27-17-16-20-9-1-3-11-21(20)24(27)18-32-34-29(36)28(35)33-26-15-7-10-19-8-2-4-12-22(19)26/h1-18H,(H,33,35)(H,34,36)/b32-18+. The molecule has 0 saturated heterocycles. The Balaban J connectivity index is 1.36. The zero-order valence-electron chi connectivity index (χ0n) is 19.9. The summed E-state index contributed by atoms with van der Waals surface area (Å²) in [6, 6.07) is 30.3. The molecule has 7 nitrogen and oxygen atoms in total. The first-order valence-electron chi connectivity index (χ1n) is 11.6. The number of halogens is 1. The number of amides is 2. The number of fused-ring (bicyclic) bond motifs is 2. The second kappa shape index (κ2) is 10.9. The quantitative estimate of drug-likeness (QED) is 0.0981. The maximum absolute atomic E-state index is 12.8. The minimum absolute atomic E-state index is 0.212. The van der Waals surface area contributed by atoms with E-state index in [2.05, 4.69) is 15.8 Å². The molecule has 0 aliphatic heterocycles. The molecule has 0 aromatic heterocycles. The van der Waals surface area contributed by atoms with Gasteiger partial charge in [-0.25, -0.2) is 10.2 Å². The third-order valence-corrected chi connectivity index (χ3v) is 6.16. The highest BCUT2D eigenvalue weighted by Crippen LogP contribution is 2.28. The summed E-state index contributed by atoms with van der Waals surface area (Å²) in [5.74, 6) is -2.25. The van der Waals surface area contributed by atoms with E-state index in [1.165, 1.54) is 6.21 Å². The Morgan fingerprint density at radius 1 is 0.711 bits per heavy atom. The van der Waals surface area contributed by atoms with E-state index in [1.807, 2.05) is 54.6 Å². The van der Waals surface area contributed by atoms with Crippen molar-refractivity contribution in [1.82, 2.24) is 5.43 Å². The lowest BCUT2D eigenvalue weighted by atomic mass is 10.0. The second-order valence-electron chi connectivity index (χ2n) is 8.25. The molecule has 0 radical (unpaired) electrons. The summed E-state index contributed by atoms with van der Waals surface area (Å²) in [5.41, 5.74) is 3.41. The number of hydrogen-bond acceptors (Lipinski definition) is 5. The minimum atomic E-state index is -0.955. The van der Waals surface area contributed by atoms with Gasteiger partial charge in [0.15, 0.2) is 0 Å². The maximum Gasteiger partial charge on any atom is 0.345 e. The predicted molar refractivity (Wildman–Crippen MR) is 149 cm³/mol. The fraction of sp³-hybridized carbons (Fsp3) is 0. The molecule has 0 saturated carbocycles. The molecule has 0 heterocycles. The van der Waals surface area contributed by atoms with Gasteiger partial charge in [-0.15, -0.1) is 0 Å². The van der Waals surface area contributed by atoms with Crippen molar-refractivity contribution in [3.8, 4) is 5.75 Å². The fourth-order valence-electron chi connectivity index (χ4n) is 4.00. The zero-order chi connectivity index (χ0) is 26.5. The van der Waals surface area contributed by atoms with Gasteiger partial charge in [-0.05, 0) is 40.4 Å². The molecule has 0 fully saturated rings. The van der Waals surface area contributed by atoms with Crippen LogP contribution in [-0.4, -0.2) is 24.0 Å². The molecule has 0 spiro atoms. The lowest BCUT2D eigenvalue weighted by Gasteiger charge is -2.11. The molecular weight excluding hydrogens is 502 g/mol. The van der Waals surface area contributed by atoms with Gasteiger partial charge < -0.3 is 10.1 Å². The lowest BCUT2D eigenvalue weighted by Crippen LogP contribution is -2.32. The molecule has 0 unspecified atom stereocenters. The van der Waals surface area contributed by atoms with E-state index in [9.17, 15) is 14.4 Å². The van der Waals surface area contributed by atoms with Crippen molar-refractivity contribution in [1.29, 1.82) is 0 Å². The van der Waals surface area contributed by atoms with Gasteiger partial charge in [0.25, 0.3) is 0 Å². The van der Waals surface area contributed by atoms with Crippen LogP contribution in [-0.2, 0) is 9.59 Å². The molecule has 8 heteroatoms. The van der Waals surface area contributed by atoms with Gasteiger partial charge in [-0.3, -0.25) is 9.59 Å². The van der Waals surface area contributed by atoms with E-state index in [-0.39, 0.29) is 16.3 Å². The number of ether oxygens (including phenoxy) is 1. The van der Waals surface area contributed by atoms with Crippen molar-refractivity contribution in [2.75, 3.05) is 5.32 Å². The van der Waals surface area contributed by atoms with E-state index >= 15 is 0 Å². The monoisotopic (exact) mass is 521 g/mol. The molecule has 186 valence electrons. The Morgan fingerprint density at radius 2 is 1.37 bits per heavy atom. The van der Waals surface area contributed by atoms with Crippen LogP contribution in [0, 0.1) is 0 Å². The largest absolute Gasteiger partial charge is 0.422 e. The van der Waals surface area contributed by atoms with Crippen LogP contribution in [0.25, 0.3) is 21.5 Å². The van der Waals surface area contributed by atoms with Crippen LogP contribution in [0.4, 0.5) is 5.69 Å². The lowest BCUT2D eigenvalue weighted by molar-refractivity contribution is -0.136. The molecule has 0 aliphatic carbocycles. The van der Waals surface area contributed by atoms with Crippen LogP contribution in [0.2, 0.25) is 5.02 Å². The number of nitrogens with one attached hydrogen (secondary N) is 2. The van der Waals surface area contributed by atoms with Gasteiger partial charge in [0.2, 0.25) is 0 Å². The Morgan fingerprint density at radius 3 is 2.16 bits per heavy atom. The summed E-state index contributed by atoms with van der Waals surface area (Å²) in [5, 5.41) is 10.2. The third kappa shape index (κ3) is 5.23.